The minimum absolute atomic E-state index is 0.0576. The average molecular weight is 592 g/mol. The number of hydrogen-bond acceptors (Lipinski definition) is 7. The molecular formula is C29H29N5O5S2. The van der Waals surface area contributed by atoms with Crippen LogP contribution in [0.2, 0.25) is 0 Å². The summed E-state index contributed by atoms with van der Waals surface area (Å²) < 4.78 is 54.9. The first kappa shape index (κ1) is 28.4. The molecule has 0 unspecified atom stereocenters. The number of carbonyl (C=O) groups excluding carboxylic acids is 1. The fourth-order valence-electron chi connectivity index (χ4n) is 4.45. The number of aromatic nitrogens is 1. The van der Waals surface area contributed by atoms with Gasteiger partial charge < -0.3 is 5.32 Å². The van der Waals surface area contributed by atoms with Crippen LogP contribution >= 0.6 is 0 Å². The van der Waals surface area contributed by atoms with E-state index >= 15 is 0 Å². The zero-order chi connectivity index (χ0) is 28.9. The quantitative estimate of drug-likeness (QED) is 0.304. The SMILES string of the molecule is O=C(Nc1ccc(S(=O)(=O)Nc2cccnc2)cc1)c1ccc(CN2CCN(S(=O)(=O)c3ccccc3)CC2)cc1. The van der Waals surface area contributed by atoms with Gasteiger partial charge in [0.2, 0.25) is 10.0 Å². The number of benzene rings is 3. The molecule has 10 nitrogen and oxygen atoms in total. The van der Waals surface area contributed by atoms with Crippen LogP contribution in [0.5, 0.6) is 0 Å². The first-order chi connectivity index (χ1) is 19.7. The number of hydrogen-bond donors (Lipinski definition) is 2. The Morgan fingerprint density at radius 2 is 1.41 bits per heavy atom. The minimum Gasteiger partial charge on any atom is -0.322 e. The molecule has 1 aliphatic heterocycles. The molecular weight excluding hydrogens is 562 g/mol. The molecule has 0 radical (unpaired) electrons. The molecule has 0 bridgehead atoms. The summed E-state index contributed by atoms with van der Waals surface area (Å²) in [6.45, 7) is 2.69. The van der Waals surface area contributed by atoms with Gasteiger partial charge in [-0.1, -0.05) is 30.3 Å². The largest absolute Gasteiger partial charge is 0.322 e. The molecule has 1 aliphatic rings. The van der Waals surface area contributed by atoms with Gasteiger partial charge in [-0.15, -0.1) is 0 Å². The summed E-state index contributed by atoms with van der Waals surface area (Å²) in [5.74, 6) is -0.319. The molecule has 2 heterocycles. The average Bonchev–Trinajstić information content (AvgIpc) is 2.99. The molecule has 2 N–H and O–H groups in total. The Kier molecular flexibility index (Phi) is 8.45. The van der Waals surface area contributed by atoms with Gasteiger partial charge in [0.15, 0.2) is 0 Å². The molecule has 1 amide bonds. The molecule has 212 valence electrons. The van der Waals surface area contributed by atoms with E-state index in [1.54, 1.807) is 60.8 Å². The topological polar surface area (TPSA) is 129 Å². The Labute approximate surface area is 239 Å². The van der Waals surface area contributed by atoms with Gasteiger partial charge in [0.1, 0.15) is 0 Å². The van der Waals surface area contributed by atoms with Crippen LogP contribution in [0.15, 0.2) is 113 Å². The Morgan fingerprint density at radius 1 is 0.732 bits per heavy atom. The second-order valence-corrected chi connectivity index (χ2v) is 13.1. The molecule has 0 aliphatic carbocycles. The zero-order valence-electron chi connectivity index (χ0n) is 22.0. The van der Waals surface area contributed by atoms with Crippen LogP contribution in [-0.2, 0) is 26.6 Å². The summed E-state index contributed by atoms with van der Waals surface area (Å²) in [5.41, 5.74) is 2.29. The van der Waals surface area contributed by atoms with Gasteiger partial charge in [0, 0.05) is 50.2 Å². The first-order valence-electron chi connectivity index (χ1n) is 12.9. The van der Waals surface area contributed by atoms with Crippen LogP contribution in [0.3, 0.4) is 0 Å². The third-order valence-corrected chi connectivity index (χ3v) is 9.98. The molecule has 12 heteroatoms. The van der Waals surface area contributed by atoms with Crippen molar-refractivity contribution < 1.29 is 21.6 Å². The number of nitrogens with one attached hydrogen (secondary N) is 2. The van der Waals surface area contributed by atoms with E-state index in [9.17, 15) is 21.6 Å². The van der Waals surface area contributed by atoms with Crippen LogP contribution in [0.4, 0.5) is 11.4 Å². The number of amides is 1. The number of sulfonamides is 2. The zero-order valence-corrected chi connectivity index (χ0v) is 23.7. The van der Waals surface area contributed by atoms with Crippen molar-refractivity contribution in [1.82, 2.24) is 14.2 Å². The fraction of sp³-hybridized carbons (Fsp3) is 0.172. The fourth-order valence-corrected chi connectivity index (χ4v) is 6.93. The molecule has 0 atom stereocenters. The third-order valence-electron chi connectivity index (χ3n) is 6.67. The van der Waals surface area contributed by atoms with E-state index < -0.39 is 20.0 Å². The van der Waals surface area contributed by atoms with E-state index in [0.29, 0.717) is 54.6 Å². The molecule has 3 aromatic carbocycles. The van der Waals surface area contributed by atoms with Crippen LogP contribution in [0, 0.1) is 0 Å². The van der Waals surface area contributed by atoms with Crippen molar-refractivity contribution >= 4 is 37.3 Å². The lowest BCUT2D eigenvalue weighted by Gasteiger charge is -2.34. The van der Waals surface area contributed by atoms with Crippen molar-refractivity contribution in [2.75, 3.05) is 36.2 Å². The van der Waals surface area contributed by atoms with Crippen LogP contribution in [-0.4, -0.2) is 63.1 Å². The summed E-state index contributed by atoms with van der Waals surface area (Å²) in [4.78, 5) is 19.2. The number of nitrogens with zero attached hydrogens (tertiary/aromatic N) is 3. The maximum atomic E-state index is 12.9. The number of piperazine rings is 1. The van der Waals surface area contributed by atoms with E-state index in [4.69, 9.17) is 0 Å². The van der Waals surface area contributed by atoms with Crippen LogP contribution in [0.25, 0.3) is 0 Å². The summed E-state index contributed by atoms with van der Waals surface area (Å²) in [6, 6.07) is 24.8. The smallest absolute Gasteiger partial charge is 0.261 e. The normalized spacial score (nSPS) is 14.8. The maximum absolute atomic E-state index is 12.9. The van der Waals surface area contributed by atoms with Gasteiger partial charge >= 0.3 is 0 Å². The van der Waals surface area contributed by atoms with E-state index in [1.807, 2.05) is 12.1 Å². The summed E-state index contributed by atoms with van der Waals surface area (Å²) in [7, 11) is -7.29. The molecule has 1 fully saturated rings. The summed E-state index contributed by atoms with van der Waals surface area (Å²) in [5, 5.41) is 2.78. The molecule has 0 spiro atoms. The van der Waals surface area contributed by atoms with Crippen molar-refractivity contribution in [3.05, 3.63) is 115 Å². The highest BCUT2D eigenvalue weighted by molar-refractivity contribution is 7.92. The Bertz CT molecular complexity index is 1690. The third kappa shape index (κ3) is 6.98. The van der Waals surface area contributed by atoms with E-state index in [1.165, 1.54) is 34.8 Å². The van der Waals surface area contributed by atoms with Gasteiger partial charge in [-0.2, -0.15) is 4.31 Å². The second kappa shape index (κ2) is 12.2. The van der Waals surface area contributed by atoms with Gasteiger partial charge in [-0.25, -0.2) is 16.8 Å². The van der Waals surface area contributed by atoms with Crippen LogP contribution < -0.4 is 10.0 Å². The molecule has 1 aromatic heterocycles. The number of pyridine rings is 1. The monoisotopic (exact) mass is 591 g/mol. The van der Waals surface area contributed by atoms with Crippen molar-refractivity contribution in [3.63, 3.8) is 0 Å². The first-order valence-corrected chi connectivity index (χ1v) is 15.8. The van der Waals surface area contributed by atoms with Gasteiger partial charge in [-0.05, 0) is 66.2 Å². The second-order valence-electron chi connectivity index (χ2n) is 9.52. The van der Waals surface area contributed by atoms with Crippen molar-refractivity contribution in [2.45, 2.75) is 16.3 Å². The lowest BCUT2D eigenvalue weighted by molar-refractivity contribution is 0.102. The minimum atomic E-state index is -3.79. The van der Waals surface area contributed by atoms with Crippen molar-refractivity contribution in [1.29, 1.82) is 0 Å². The van der Waals surface area contributed by atoms with E-state index in [0.717, 1.165) is 5.56 Å². The maximum Gasteiger partial charge on any atom is 0.261 e. The predicted octanol–water partition coefficient (Wildman–Crippen LogP) is 3.64. The highest BCUT2D eigenvalue weighted by atomic mass is 32.2. The van der Waals surface area contributed by atoms with Crippen LogP contribution in [0.1, 0.15) is 15.9 Å². The van der Waals surface area contributed by atoms with Gasteiger partial charge in [0.05, 0.1) is 21.7 Å². The molecule has 0 saturated carbocycles. The lowest BCUT2D eigenvalue weighted by atomic mass is 10.1. The number of anilines is 2. The molecule has 41 heavy (non-hydrogen) atoms. The van der Waals surface area contributed by atoms with E-state index in [2.05, 4.69) is 19.9 Å². The Hall–Kier alpha value is -4.10. The van der Waals surface area contributed by atoms with Crippen molar-refractivity contribution in [2.24, 2.45) is 0 Å². The standard InChI is InChI=1S/C29H29N5O5S2/c35-29(31-25-12-14-27(15-13-25)40(36,37)32-26-5-4-16-30-21-26)24-10-8-23(9-11-24)22-33-17-19-34(20-18-33)41(38,39)28-6-2-1-3-7-28/h1-16,21,32H,17-20,22H2,(H,31,35). The van der Waals surface area contributed by atoms with Gasteiger partial charge in [-0.3, -0.25) is 19.4 Å². The highest BCUT2D eigenvalue weighted by Gasteiger charge is 2.28. The number of rotatable bonds is 9. The summed E-state index contributed by atoms with van der Waals surface area (Å²) in [6.07, 6.45) is 2.96. The predicted molar refractivity (Wildman–Crippen MR) is 156 cm³/mol. The Balaban J connectivity index is 1.13. The highest BCUT2D eigenvalue weighted by Crippen LogP contribution is 2.20. The summed E-state index contributed by atoms with van der Waals surface area (Å²) >= 11 is 0. The van der Waals surface area contributed by atoms with E-state index in [-0.39, 0.29) is 10.8 Å². The van der Waals surface area contributed by atoms with Gasteiger partial charge in [0.25, 0.3) is 15.9 Å². The lowest BCUT2D eigenvalue weighted by Crippen LogP contribution is -2.48. The Morgan fingerprint density at radius 3 is 2.05 bits per heavy atom. The van der Waals surface area contributed by atoms with Crippen molar-refractivity contribution in [3.8, 4) is 0 Å². The number of carbonyl (C=O) groups is 1. The molecule has 5 rings (SSSR count). The molecule has 1 saturated heterocycles. The molecule has 4 aromatic rings.